The van der Waals surface area contributed by atoms with Crippen LogP contribution in [0.2, 0.25) is 0 Å². The van der Waals surface area contributed by atoms with Crippen molar-refractivity contribution in [3.8, 4) is 0 Å². The number of halogens is 1. The van der Waals surface area contributed by atoms with Crippen LogP contribution in [0.3, 0.4) is 0 Å². The standard InChI is InChI=1S/C13H19N3O2S.ClH/c1-16(10-4-6-14-9-10)12(17)5-7-15-13(18)11-3-2-8-19-11;/h2-3,8,10,14H,4-7,9H2,1H3,(H,15,18);1H. The Morgan fingerprint density at radius 1 is 1.55 bits per heavy atom. The van der Waals surface area contributed by atoms with E-state index in [1.54, 1.807) is 11.0 Å². The molecule has 5 nitrogen and oxygen atoms in total. The van der Waals surface area contributed by atoms with Gasteiger partial charge in [-0.15, -0.1) is 23.7 Å². The molecule has 1 saturated heterocycles. The van der Waals surface area contributed by atoms with Gasteiger partial charge in [0, 0.05) is 32.6 Å². The van der Waals surface area contributed by atoms with Crippen molar-refractivity contribution in [2.24, 2.45) is 0 Å². The molecule has 0 radical (unpaired) electrons. The van der Waals surface area contributed by atoms with E-state index in [1.165, 1.54) is 11.3 Å². The molecule has 0 aliphatic carbocycles. The maximum absolute atomic E-state index is 11.9. The molecule has 0 bridgehead atoms. The fourth-order valence-electron chi connectivity index (χ4n) is 2.13. The molecule has 2 N–H and O–H groups in total. The maximum atomic E-state index is 11.9. The summed E-state index contributed by atoms with van der Waals surface area (Å²) in [6, 6.07) is 3.91. The van der Waals surface area contributed by atoms with Crippen molar-refractivity contribution in [2.75, 3.05) is 26.7 Å². The van der Waals surface area contributed by atoms with Gasteiger partial charge in [0.1, 0.15) is 0 Å². The largest absolute Gasteiger partial charge is 0.351 e. The number of hydrogen-bond acceptors (Lipinski definition) is 4. The monoisotopic (exact) mass is 317 g/mol. The molecule has 0 spiro atoms. The molecule has 2 amide bonds. The predicted octanol–water partition coefficient (Wildman–Crippen LogP) is 1.11. The molecule has 112 valence electrons. The van der Waals surface area contributed by atoms with Gasteiger partial charge in [-0.05, 0) is 24.4 Å². The molecule has 1 aliphatic rings. The smallest absolute Gasteiger partial charge is 0.261 e. The maximum Gasteiger partial charge on any atom is 0.261 e. The van der Waals surface area contributed by atoms with Crippen molar-refractivity contribution in [3.63, 3.8) is 0 Å². The molecule has 20 heavy (non-hydrogen) atoms. The van der Waals surface area contributed by atoms with E-state index in [-0.39, 0.29) is 24.2 Å². The van der Waals surface area contributed by atoms with Gasteiger partial charge in [-0.1, -0.05) is 6.07 Å². The van der Waals surface area contributed by atoms with Crippen LogP contribution in [-0.2, 0) is 4.79 Å². The van der Waals surface area contributed by atoms with Gasteiger partial charge in [0.2, 0.25) is 5.91 Å². The van der Waals surface area contributed by atoms with E-state index >= 15 is 0 Å². The molecule has 1 aromatic heterocycles. The fraction of sp³-hybridized carbons (Fsp3) is 0.538. The van der Waals surface area contributed by atoms with Crippen LogP contribution in [0.4, 0.5) is 0 Å². The molecular weight excluding hydrogens is 298 g/mol. The normalized spacial score (nSPS) is 17.4. The number of nitrogens with zero attached hydrogens (tertiary/aromatic N) is 1. The SMILES string of the molecule is CN(C(=O)CCNC(=O)c1cccs1)C1CCNC1.Cl. The second-order valence-corrected chi connectivity index (χ2v) is 5.58. The minimum Gasteiger partial charge on any atom is -0.351 e. The van der Waals surface area contributed by atoms with Crippen molar-refractivity contribution in [2.45, 2.75) is 18.9 Å². The van der Waals surface area contributed by atoms with E-state index in [0.29, 0.717) is 23.9 Å². The van der Waals surface area contributed by atoms with Gasteiger partial charge in [-0.2, -0.15) is 0 Å². The highest BCUT2D eigenvalue weighted by Crippen LogP contribution is 2.09. The second-order valence-electron chi connectivity index (χ2n) is 4.63. The Hall–Kier alpha value is -1.11. The van der Waals surface area contributed by atoms with E-state index < -0.39 is 0 Å². The van der Waals surface area contributed by atoms with Crippen molar-refractivity contribution < 1.29 is 9.59 Å². The number of amides is 2. The first-order chi connectivity index (χ1) is 9.18. The van der Waals surface area contributed by atoms with E-state index in [1.807, 2.05) is 18.5 Å². The number of carbonyl (C=O) groups is 2. The minimum atomic E-state index is -0.104. The summed E-state index contributed by atoms with van der Waals surface area (Å²) in [6.45, 7) is 2.22. The van der Waals surface area contributed by atoms with Crippen LogP contribution in [0.1, 0.15) is 22.5 Å². The van der Waals surface area contributed by atoms with Crippen molar-refractivity contribution in [3.05, 3.63) is 22.4 Å². The lowest BCUT2D eigenvalue weighted by molar-refractivity contribution is -0.131. The zero-order valence-electron chi connectivity index (χ0n) is 11.4. The topological polar surface area (TPSA) is 61.4 Å². The Bertz CT molecular complexity index is 433. The van der Waals surface area contributed by atoms with Crippen molar-refractivity contribution >= 4 is 35.6 Å². The second kappa shape index (κ2) is 8.24. The lowest BCUT2D eigenvalue weighted by Gasteiger charge is -2.23. The number of nitrogens with one attached hydrogen (secondary N) is 2. The zero-order valence-corrected chi connectivity index (χ0v) is 13.1. The van der Waals surface area contributed by atoms with Gasteiger partial charge < -0.3 is 15.5 Å². The molecule has 0 aromatic carbocycles. The Labute approximate surface area is 129 Å². The average Bonchev–Trinajstić information content (AvgIpc) is 3.10. The molecule has 1 aliphatic heterocycles. The molecule has 2 rings (SSSR count). The summed E-state index contributed by atoms with van der Waals surface area (Å²) in [4.78, 5) is 26.1. The summed E-state index contributed by atoms with van der Waals surface area (Å²) in [7, 11) is 1.83. The van der Waals surface area contributed by atoms with Crippen molar-refractivity contribution in [1.29, 1.82) is 0 Å². The lowest BCUT2D eigenvalue weighted by Crippen LogP contribution is -2.39. The van der Waals surface area contributed by atoms with Gasteiger partial charge in [0.15, 0.2) is 0 Å². The first kappa shape index (κ1) is 16.9. The van der Waals surface area contributed by atoms with E-state index in [0.717, 1.165) is 19.5 Å². The fourth-order valence-corrected chi connectivity index (χ4v) is 2.77. The third-order valence-corrected chi connectivity index (χ3v) is 4.21. The number of thiophene rings is 1. The Balaban J connectivity index is 0.00000200. The molecular formula is C13H20ClN3O2S. The highest BCUT2D eigenvalue weighted by molar-refractivity contribution is 7.12. The summed E-state index contributed by atoms with van der Waals surface area (Å²) in [5, 5.41) is 7.87. The van der Waals surface area contributed by atoms with Gasteiger partial charge in [0.25, 0.3) is 5.91 Å². The van der Waals surface area contributed by atoms with E-state index in [4.69, 9.17) is 0 Å². The number of rotatable bonds is 5. The highest BCUT2D eigenvalue weighted by atomic mass is 35.5. The summed E-state index contributed by atoms with van der Waals surface area (Å²) >= 11 is 1.40. The van der Waals surface area contributed by atoms with Crippen LogP contribution in [0.25, 0.3) is 0 Å². The third-order valence-electron chi connectivity index (χ3n) is 3.34. The summed E-state index contributed by atoms with van der Waals surface area (Å²) in [6.07, 6.45) is 1.36. The van der Waals surface area contributed by atoms with Crippen LogP contribution in [0, 0.1) is 0 Å². The predicted molar refractivity (Wildman–Crippen MR) is 82.6 cm³/mol. The zero-order chi connectivity index (χ0) is 13.7. The van der Waals surface area contributed by atoms with Crippen LogP contribution in [0.5, 0.6) is 0 Å². The molecule has 1 unspecified atom stereocenters. The Kier molecular flexibility index (Phi) is 6.98. The number of carbonyl (C=O) groups excluding carboxylic acids is 2. The third kappa shape index (κ3) is 4.47. The molecule has 0 saturated carbocycles. The van der Waals surface area contributed by atoms with Crippen molar-refractivity contribution in [1.82, 2.24) is 15.5 Å². The summed E-state index contributed by atoms with van der Waals surface area (Å²) in [5.41, 5.74) is 0. The van der Waals surface area contributed by atoms with Crippen LogP contribution in [-0.4, -0.2) is 49.4 Å². The first-order valence-corrected chi connectivity index (χ1v) is 7.34. The minimum absolute atomic E-state index is 0. The molecule has 2 heterocycles. The molecule has 1 aromatic rings. The Morgan fingerprint density at radius 2 is 2.35 bits per heavy atom. The van der Waals surface area contributed by atoms with Gasteiger partial charge in [-0.25, -0.2) is 0 Å². The summed E-state index contributed by atoms with van der Waals surface area (Å²) < 4.78 is 0. The molecule has 7 heteroatoms. The molecule has 1 atom stereocenters. The van der Waals surface area contributed by atoms with Crippen LogP contribution < -0.4 is 10.6 Å². The number of likely N-dealkylation sites (N-methyl/N-ethyl adjacent to an activating group) is 1. The summed E-state index contributed by atoms with van der Waals surface area (Å²) in [5.74, 6) is -0.0202. The first-order valence-electron chi connectivity index (χ1n) is 6.46. The quantitative estimate of drug-likeness (QED) is 0.855. The lowest BCUT2D eigenvalue weighted by atomic mass is 10.2. The molecule has 1 fully saturated rings. The van der Waals surface area contributed by atoms with Crippen LogP contribution >= 0.6 is 23.7 Å². The van der Waals surface area contributed by atoms with Gasteiger partial charge >= 0.3 is 0 Å². The Morgan fingerprint density at radius 3 is 2.95 bits per heavy atom. The number of hydrogen-bond donors (Lipinski definition) is 2. The van der Waals surface area contributed by atoms with E-state index in [9.17, 15) is 9.59 Å². The van der Waals surface area contributed by atoms with E-state index in [2.05, 4.69) is 10.6 Å². The van der Waals surface area contributed by atoms with Gasteiger partial charge in [-0.3, -0.25) is 9.59 Å². The van der Waals surface area contributed by atoms with Gasteiger partial charge in [0.05, 0.1) is 4.88 Å². The van der Waals surface area contributed by atoms with Crippen LogP contribution in [0.15, 0.2) is 17.5 Å². The average molecular weight is 318 g/mol. The highest BCUT2D eigenvalue weighted by Gasteiger charge is 2.22.